The molecule has 0 saturated carbocycles. The summed E-state index contributed by atoms with van der Waals surface area (Å²) in [5.41, 5.74) is 2.96. The smallest absolute Gasteiger partial charge is 0.246 e. The number of hydrogen-bond donors (Lipinski definition) is 1. The molecule has 1 aromatic heterocycles. The molecule has 1 amide bonds. The zero-order valence-electron chi connectivity index (χ0n) is 18.1. The van der Waals surface area contributed by atoms with Crippen LogP contribution in [0.1, 0.15) is 29.9 Å². The first-order chi connectivity index (χ1) is 15.3. The van der Waals surface area contributed by atoms with E-state index < -0.39 is 15.9 Å². The van der Waals surface area contributed by atoms with Crippen LogP contribution in [0, 0.1) is 19.8 Å². The molecule has 1 aliphatic rings. The highest BCUT2D eigenvalue weighted by Crippen LogP contribution is 2.24. The van der Waals surface area contributed by atoms with Crippen molar-refractivity contribution in [1.82, 2.24) is 19.8 Å². The third kappa shape index (κ3) is 4.89. The SMILES string of the molecule is Cc1ccc(-c2noc(CNC(=O)C3CCCN(S(=O)(=O)c4ccc(C)cc4)C3)n2)cc1. The van der Waals surface area contributed by atoms with E-state index in [1.807, 2.05) is 38.1 Å². The van der Waals surface area contributed by atoms with Crippen molar-refractivity contribution >= 4 is 15.9 Å². The number of sulfonamides is 1. The Morgan fingerprint density at radius 3 is 2.44 bits per heavy atom. The minimum Gasteiger partial charge on any atom is -0.347 e. The Balaban J connectivity index is 1.36. The Hall–Kier alpha value is -3.04. The van der Waals surface area contributed by atoms with Crippen LogP contribution in [0.5, 0.6) is 0 Å². The highest BCUT2D eigenvalue weighted by molar-refractivity contribution is 7.89. The summed E-state index contributed by atoms with van der Waals surface area (Å²) >= 11 is 0. The lowest BCUT2D eigenvalue weighted by Crippen LogP contribution is -2.45. The fraction of sp³-hybridized carbons (Fsp3) is 0.348. The van der Waals surface area contributed by atoms with Gasteiger partial charge < -0.3 is 9.84 Å². The predicted molar refractivity (Wildman–Crippen MR) is 119 cm³/mol. The summed E-state index contributed by atoms with van der Waals surface area (Å²) in [6.07, 6.45) is 1.26. The van der Waals surface area contributed by atoms with Crippen molar-refractivity contribution in [3.63, 3.8) is 0 Å². The number of nitrogens with zero attached hydrogens (tertiary/aromatic N) is 3. The normalized spacial score (nSPS) is 17.2. The van der Waals surface area contributed by atoms with Gasteiger partial charge >= 0.3 is 0 Å². The van der Waals surface area contributed by atoms with Crippen LogP contribution in [0.4, 0.5) is 0 Å². The molecule has 0 radical (unpaired) electrons. The molecule has 1 atom stereocenters. The van der Waals surface area contributed by atoms with Gasteiger partial charge in [0, 0.05) is 18.7 Å². The van der Waals surface area contributed by atoms with Gasteiger partial charge in [0.2, 0.25) is 27.6 Å². The summed E-state index contributed by atoms with van der Waals surface area (Å²) in [5.74, 6) is 0.114. The molecule has 4 rings (SSSR count). The van der Waals surface area contributed by atoms with Crippen molar-refractivity contribution in [1.29, 1.82) is 0 Å². The van der Waals surface area contributed by atoms with Crippen molar-refractivity contribution < 1.29 is 17.7 Å². The van der Waals surface area contributed by atoms with E-state index in [1.54, 1.807) is 24.3 Å². The predicted octanol–water partition coefficient (Wildman–Crippen LogP) is 3.07. The highest BCUT2D eigenvalue weighted by Gasteiger charge is 2.33. The number of benzene rings is 2. The number of piperidine rings is 1. The second-order valence-corrected chi connectivity index (χ2v) is 10.0. The quantitative estimate of drug-likeness (QED) is 0.614. The minimum absolute atomic E-state index is 0.0961. The molecule has 32 heavy (non-hydrogen) atoms. The summed E-state index contributed by atoms with van der Waals surface area (Å²) in [6.45, 7) is 4.56. The fourth-order valence-electron chi connectivity index (χ4n) is 3.69. The van der Waals surface area contributed by atoms with E-state index in [0.29, 0.717) is 31.1 Å². The van der Waals surface area contributed by atoms with Crippen molar-refractivity contribution in [2.45, 2.75) is 38.1 Å². The number of amides is 1. The molecule has 9 heteroatoms. The average molecular weight is 455 g/mol. The van der Waals surface area contributed by atoms with E-state index in [0.717, 1.165) is 16.7 Å². The van der Waals surface area contributed by atoms with Gasteiger partial charge in [0.1, 0.15) is 0 Å². The first kappa shape index (κ1) is 22.2. The molecule has 8 nitrogen and oxygen atoms in total. The van der Waals surface area contributed by atoms with Crippen LogP contribution in [0.2, 0.25) is 0 Å². The second kappa shape index (κ2) is 9.22. The molecule has 1 fully saturated rings. The summed E-state index contributed by atoms with van der Waals surface area (Å²) in [5, 5.41) is 6.77. The van der Waals surface area contributed by atoms with E-state index in [2.05, 4.69) is 15.5 Å². The standard InChI is InChI=1S/C23H26N4O4S/c1-16-5-9-18(10-6-16)22-25-21(31-26-22)14-24-23(28)19-4-3-13-27(15-19)32(29,30)20-11-7-17(2)8-12-20/h5-12,19H,3-4,13-15H2,1-2H3,(H,24,28). The van der Waals surface area contributed by atoms with Gasteiger partial charge in [-0.15, -0.1) is 0 Å². The molecule has 1 unspecified atom stereocenters. The van der Waals surface area contributed by atoms with Gasteiger partial charge in [-0.2, -0.15) is 9.29 Å². The number of aromatic nitrogens is 2. The molecule has 2 aromatic carbocycles. The molecular formula is C23H26N4O4S. The monoisotopic (exact) mass is 454 g/mol. The van der Waals surface area contributed by atoms with Gasteiger partial charge in [0.05, 0.1) is 17.4 Å². The first-order valence-corrected chi connectivity index (χ1v) is 12.0. The van der Waals surface area contributed by atoms with Gasteiger partial charge in [-0.3, -0.25) is 4.79 Å². The minimum atomic E-state index is -3.63. The molecule has 1 N–H and O–H groups in total. The maximum Gasteiger partial charge on any atom is 0.246 e. The maximum absolute atomic E-state index is 13.0. The van der Waals surface area contributed by atoms with Crippen LogP contribution < -0.4 is 5.32 Å². The Labute approximate surface area is 187 Å². The number of rotatable bonds is 6. The zero-order chi connectivity index (χ0) is 22.7. The van der Waals surface area contributed by atoms with Gasteiger partial charge in [-0.05, 0) is 38.8 Å². The average Bonchev–Trinajstić information content (AvgIpc) is 3.27. The van der Waals surface area contributed by atoms with Crippen molar-refractivity contribution in [3.05, 3.63) is 65.5 Å². The molecule has 0 bridgehead atoms. The third-order valence-corrected chi connectivity index (χ3v) is 7.48. The van der Waals surface area contributed by atoms with Crippen LogP contribution in [0.3, 0.4) is 0 Å². The van der Waals surface area contributed by atoms with E-state index in [-0.39, 0.29) is 23.9 Å². The number of carbonyl (C=O) groups is 1. The highest BCUT2D eigenvalue weighted by atomic mass is 32.2. The van der Waals surface area contributed by atoms with Crippen LogP contribution in [0.25, 0.3) is 11.4 Å². The summed E-state index contributed by atoms with van der Waals surface area (Å²) in [6, 6.07) is 14.5. The Bertz CT molecular complexity index is 1190. The van der Waals surface area contributed by atoms with E-state index in [1.165, 1.54) is 4.31 Å². The van der Waals surface area contributed by atoms with Crippen LogP contribution in [-0.4, -0.2) is 41.9 Å². The van der Waals surface area contributed by atoms with E-state index in [4.69, 9.17) is 4.52 Å². The molecule has 1 aliphatic heterocycles. The van der Waals surface area contributed by atoms with Gasteiger partial charge in [0.15, 0.2) is 0 Å². The van der Waals surface area contributed by atoms with Crippen LogP contribution >= 0.6 is 0 Å². The topological polar surface area (TPSA) is 105 Å². The molecule has 168 valence electrons. The third-order valence-electron chi connectivity index (χ3n) is 5.61. The molecule has 0 aliphatic carbocycles. The van der Waals surface area contributed by atoms with Crippen molar-refractivity contribution in [2.75, 3.05) is 13.1 Å². The van der Waals surface area contributed by atoms with E-state index in [9.17, 15) is 13.2 Å². The fourth-order valence-corrected chi connectivity index (χ4v) is 5.21. The number of nitrogens with one attached hydrogen (secondary N) is 1. The van der Waals surface area contributed by atoms with Crippen LogP contribution in [-0.2, 0) is 21.4 Å². The Morgan fingerprint density at radius 2 is 1.75 bits per heavy atom. The zero-order valence-corrected chi connectivity index (χ0v) is 18.9. The van der Waals surface area contributed by atoms with Crippen LogP contribution in [0.15, 0.2) is 57.9 Å². The van der Waals surface area contributed by atoms with Gasteiger partial charge in [-0.25, -0.2) is 8.42 Å². The second-order valence-electron chi connectivity index (χ2n) is 8.11. The number of aryl methyl sites for hydroxylation is 2. The Kier molecular flexibility index (Phi) is 6.38. The van der Waals surface area contributed by atoms with Crippen molar-refractivity contribution in [3.8, 4) is 11.4 Å². The van der Waals surface area contributed by atoms with Gasteiger partial charge in [0.25, 0.3) is 0 Å². The summed E-state index contributed by atoms with van der Waals surface area (Å²) in [7, 11) is -3.63. The maximum atomic E-state index is 13.0. The lowest BCUT2D eigenvalue weighted by atomic mass is 9.99. The summed E-state index contributed by atoms with van der Waals surface area (Å²) in [4.78, 5) is 17.3. The van der Waals surface area contributed by atoms with Gasteiger partial charge in [-0.1, -0.05) is 52.7 Å². The summed E-state index contributed by atoms with van der Waals surface area (Å²) < 4.78 is 32.6. The number of carbonyl (C=O) groups excluding carboxylic acids is 1. The lowest BCUT2D eigenvalue weighted by molar-refractivity contribution is -0.126. The Morgan fingerprint density at radius 1 is 1.09 bits per heavy atom. The molecule has 2 heterocycles. The molecule has 1 saturated heterocycles. The largest absolute Gasteiger partial charge is 0.347 e. The molecule has 0 spiro atoms. The van der Waals surface area contributed by atoms with E-state index >= 15 is 0 Å². The molecule has 3 aromatic rings. The lowest BCUT2D eigenvalue weighted by Gasteiger charge is -2.31. The van der Waals surface area contributed by atoms with Crippen molar-refractivity contribution in [2.24, 2.45) is 5.92 Å². The number of hydrogen-bond acceptors (Lipinski definition) is 6. The molecular weight excluding hydrogens is 428 g/mol. The first-order valence-electron chi connectivity index (χ1n) is 10.6.